The Bertz CT molecular complexity index is 683. The Labute approximate surface area is 148 Å². The lowest BCUT2D eigenvalue weighted by molar-refractivity contribution is -0.142. The maximum absolute atomic E-state index is 12.8. The normalized spacial score (nSPS) is 17.8. The lowest BCUT2D eigenvalue weighted by Crippen LogP contribution is -2.50. The van der Waals surface area contributed by atoms with Crippen molar-refractivity contribution < 1.29 is 33.0 Å². The molecule has 0 bridgehead atoms. The van der Waals surface area contributed by atoms with E-state index in [9.17, 15) is 23.2 Å². The van der Waals surface area contributed by atoms with Crippen LogP contribution in [0, 0.1) is 0 Å². The highest BCUT2D eigenvalue weighted by Gasteiger charge is 2.36. The predicted molar refractivity (Wildman–Crippen MR) is 87.0 cm³/mol. The number of amides is 2. The van der Waals surface area contributed by atoms with Crippen molar-refractivity contribution in [3.63, 3.8) is 0 Å². The van der Waals surface area contributed by atoms with Crippen LogP contribution in [0.2, 0.25) is 0 Å². The Balaban J connectivity index is 2.18. The quantitative estimate of drug-likeness (QED) is 0.764. The van der Waals surface area contributed by atoms with Crippen LogP contribution in [0.5, 0.6) is 5.75 Å². The van der Waals surface area contributed by atoms with E-state index in [1.807, 2.05) is 0 Å². The van der Waals surface area contributed by atoms with E-state index in [2.05, 4.69) is 10.1 Å². The summed E-state index contributed by atoms with van der Waals surface area (Å²) in [6.45, 7) is -1.19. The molecule has 1 heterocycles. The van der Waals surface area contributed by atoms with Gasteiger partial charge < -0.3 is 20.1 Å². The van der Waals surface area contributed by atoms with Crippen molar-refractivity contribution >= 4 is 17.8 Å². The maximum atomic E-state index is 12.8. The van der Waals surface area contributed by atoms with Crippen molar-refractivity contribution in [2.45, 2.75) is 44.9 Å². The molecule has 0 aliphatic carbocycles. The average molecular weight is 370 g/mol. The Morgan fingerprint density at radius 2 is 2.04 bits per heavy atom. The summed E-state index contributed by atoms with van der Waals surface area (Å²) in [5, 5.41) is 11.5. The van der Waals surface area contributed by atoms with Gasteiger partial charge in [-0.25, -0.2) is 4.79 Å². The molecule has 1 fully saturated rings. The molecule has 0 saturated carbocycles. The van der Waals surface area contributed by atoms with Crippen molar-refractivity contribution in [3.8, 4) is 5.75 Å². The number of benzene rings is 1. The fraction of sp³-hybridized carbons (Fsp3) is 0.471. The molecule has 2 rings (SSSR count). The molecule has 7 nitrogen and oxygen atoms in total. The summed E-state index contributed by atoms with van der Waals surface area (Å²) in [6, 6.07) is 3.67. The fourth-order valence-electron chi connectivity index (χ4n) is 2.89. The summed E-state index contributed by atoms with van der Waals surface area (Å²) >= 11 is 0. The molecule has 1 saturated heterocycles. The maximum Gasteiger partial charge on any atom is 0.387 e. The van der Waals surface area contributed by atoms with Gasteiger partial charge in [0.1, 0.15) is 17.8 Å². The minimum atomic E-state index is -3.08. The van der Waals surface area contributed by atoms with Gasteiger partial charge in [0.15, 0.2) is 0 Å². The number of ether oxygens (including phenoxy) is 1. The number of nitrogens with one attached hydrogen (secondary N) is 1. The number of rotatable bonds is 7. The molecule has 2 N–H and O–H groups in total. The van der Waals surface area contributed by atoms with Crippen molar-refractivity contribution in [2.75, 3.05) is 6.54 Å². The Hall–Kier alpha value is -2.71. The number of carboxylic acids is 1. The zero-order chi connectivity index (χ0) is 19.3. The van der Waals surface area contributed by atoms with Crippen molar-refractivity contribution in [2.24, 2.45) is 0 Å². The molecule has 26 heavy (non-hydrogen) atoms. The number of likely N-dealkylation sites (tertiary alicyclic amines) is 1. The van der Waals surface area contributed by atoms with Crippen molar-refractivity contribution in [1.82, 2.24) is 10.2 Å². The first-order valence-electron chi connectivity index (χ1n) is 8.23. The second-order valence-corrected chi connectivity index (χ2v) is 5.84. The zero-order valence-electron chi connectivity index (χ0n) is 14.2. The highest BCUT2D eigenvalue weighted by atomic mass is 19.3. The molecular formula is C17H20F2N2O5. The van der Waals surface area contributed by atoms with Gasteiger partial charge in [-0.1, -0.05) is 19.1 Å². The number of carbonyl (C=O) groups is 3. The predicted octanol–water partition coefficient (Wildman–Crippen LogP) is 1.87. The molecule has 2 unspecified atom stereocenters. The largest absolute Gasteiger partial charge is 0.480 e. The number of alkyl halides is 2. The first kappa shape index (κ1) is 19.6. The zero-order valence-corrected chi connectivity index (χ0v) is 14.2. The lowest BCUT2D eigenvalue weighted by atomic mass is 10.1. The van der Waals surface area contributed by atoms with E-state index >= 15 is 0 Å². The van der Waals surface area contributed by atoms with Crippen LogP contribution in [0.4, 0.5) is 8.78 Å². The van der Waals surface area contributed by atoms with Gasteiger partial charge in [-0.05, 0) is 31.4 Å². The van der Waals surface area contributed by atoms with Crippen molar-refractivity contribution in [1.29, 1.82) is 0 Å². The van der Waals surface area contributed by atoms with Crippen LogP contribution in [0.1, 0.15) is 36.5 Å². The first-order chi connectivity index (χ1) is 12.3. The smallest absolute Gasteiger partial charge is 0.387 e. The summed E-state index contributed by atoms with van der Waals surface area (Å²) < 4.78 is 29.5. The molecule has 1 aliphatic heterocycles. The van der Waals surface area contributed by atoms with E-state index in [0.29, 0.717) is 12.8 Å². The Morgan fingerprint density at radius 1 is 1.35 bits per heavy atom. The monoisotopic (exact) mass is 370 g/mol. The highest BCUT2D eigenvalue weighted by Crippen LogP contribution is 2.26. The summed E-state index contributed by atoms with van der Waals surface area (Å²) in [5.41, 5.74) is -0.0715. The van der Waals surface area contributed by atoms with Gasteiger partial charge in [-0.15, -0.1) is 0 Å². The number of aliphatic carboxylic acids is 1. The minimum Gasteiger partial charge on any atom is -0.480 e. The Kier molecular flexibility index (Phi) is 6.48. The second-order valence-electron chi connectivity index (χ2n) is 5.84. The third-order valence-electron chi connectivity index (χ3n) is 4.17. The van der Waals surface area contributed by atoms with Gasteiger partial charge in [0.2, 0.25) is 5.91 Å². The number of carboxylic acid groups (broad SMARTS) is 1. The molecule has 0 spiro atoms. The number of hydrogen-bond donors (Lipinski definition) is 2. The van der Waals surface area contributed by atoms with Gasteiger partial charge in [-0.3, -0.25) is 9.59 Å². The lowest BCUT2D eigenvalue weighted by Gasteiger charge is -2.26. The van der Waals surface area contributed by atoms with Crippen LogP contribution < -0.4 is 10.1 Å². The van der Waals surface area contributed by atoms with E-state index in [0.717, 1.165) is 0 Å². The second kappa shape index (κ2) is 8.59. The summed E-state index contributed by atoms with van der Waals surface area (Å²) in [6.07, 6.45) is 1.11. The number of halogens is 2. The van der Waals surface area contributed by atoms with Crippen LogP contribution in [0.3, 0.4) is 0 Å². The molecule has 1 aromatic rings. The molecule has 1 aliphatic rings. The number of carbonyl (C=O) groups excluding carboxylic acids is 2. The third kappa shape index (κ3) is 4.47. The number of nitrogens with zero attached hydrogens (tertiary/aromatic N) is 1. The SMILES string of the molecule is CCC(NC(=O)C1CCCN1C(=O)c1ccccc1OC(F)F)C(=O)O. The highest BCUT2D eigenvalue weighted by molar-refractivity contribution is 6.00. The van der Waals surface area contributed by atoms with E-state index in [-0.39, 0.29) is 24.3 Å². The fourth-order valence-corrected chi connectivity index (χ4v) is 2.89. The molecule has 9 heteroatoms. The minimum absolute atomic E-state index is 0.0715. The standard InChI is InChI=1S/C17H20F2N2O5/c1-2-11(16(24)25)20-14(22)12-7-5-9-21(12)15(23)10-6-3-4-8-13(10)26-17(18)19/h3-4,6,8,11-12,17H,2,5,7,9H2,1H3,(H,20,22)(H,24,25). The molecule has 2 amide bonds. The molecule has 0 aromatic heterocycles. The molecule has 0 radical (unpaired) electrons. The number of para-hydroxylation sites is 1. The summed E-state index contributed by atoms with van der Waals surface area (Å²) in [4.78, 5) is 37.5. The summed E-state index contributed by atoms with van der Waals surface area (Å²) in [7, 11) is 0. The van der Waals surface area contributed by atoms with Gasteiger partial charge in [0, 0.05) is 6.54 Å². The van der Waals surface area contributed by atoms with Crippen LogP contribution in [0.25, 0.3) is 0 Å². The van der Waals surface area contributed by atoms with Crippen LogP contribution >= 0.6 is 0 Å². The topological polar surface area (TPSA) is 95.9 Å². The van der Waals surface area contributed by atoms with E-state index in [4.69, 9.17) is 5.11 Å². The van der Waals surface area contributed by atoms with Gasteiger partial charge in [0.05, 0.1) is 5.56 Å². The number of hydrogen-bond acceptors (Lipinski definition) is 4. The molecular weight excluding hydrogens is 350 g/mol. The van der Waals surface area contributed by atoms with Gasteiger partial charge in [-0.2, -0.15) is 8.78 Å². The molecule has 1 aromatic carbocycles. The van der Waals surface area contributed by atoms with Crippen molar-refractivity contribution in [3.05, 3.63) is 29.8 Å². The first-order valence-corrected chi connectivity index (χ1v) is 8.23. The Morgan fingerprint density at radius 3 is 2.65 bits per heavy atom. The van der Waals surface area contributed by atoms with Crippen LogP contribution in [-0.4, -0.2) is 53.0 Å². The average Bonchev–Trinajstić information content (AvgIpc) is 3.08. The van der Waals surface area contributed by atoms with Gasteiger partial charge >= 0.3 is 12.6 Å². The van der Waals surface area contributed by atoms with Crippen LogP contribution in [0.15, 0.2) is 24.3 Å². The van der Waals surface area contributed by atoms with E-state index < -0.39 is 36.5 Å². The molecule has 142 valence electrons. The van der Waals surface area contributed by atoms with Crippen LogP contribution in [-0.2, 0) is 9.59 Å². The van der Waals surface area contributed by atoms with E-state index in [1.54, 1.807) is 6.92 Å². The summed E-state index contributed by atoms with van der Waals surface area (Å²) in [5.74, 6) is -2.61. The van der Waals surface area contributed by atoms with E-state index in [1.165, 1.54) is 29.2 Å². The van der Waals surface area contributed by atoms with Gasteiger partial charge in [0.25, 0.3) is 5.91 Å². The molecule has 2 atom stereocenters. The third-order valence-corrected chi connectivity index (χ3v) is 4.17.